The summed E-state index contributed by atoms with van der Waals surface area (Å²) in [6.45, 7) is 0.505. The second kappa shape index (κ2) is 7.43. The van der Waals surface area contributed by atoms with Gasteiger partial charge >= 0.3 is 5.91 Å². The lowest BCUT2D eigenvalue weighted by Gasteiger charge is -2.04. The molecule has 0 radical (unpaired) electrons. The third-order valence-corrected chi connectivity index (χ3v) is 4.14. The summed E-state index contributed by atoms with van der Waals surface area (Å²) in [5, 5.41) is 2.69. The number of halogens is 1. The van der Waals surface area contributed by atoms with Crippen LogP contribution in [0.3, 0.4) is 0 Å². The maximum absolute atomic E-state index is 13.0. The van der Waals surface area contributed by atoms with Gasteiger partial charge in [0.2, 0.25) is 0 Å². The summed E-state index contributed by atoms with van der Waals surface area (Å²) < 4.78 is 19.7. The zero-order chi connectivity index (χ0) is 19.5. The Morgan fingerprint density at radius 1 is 1.07 bits per heavy atom. The molecule has 0 unspecified atom stereocenters. The summed E-state index contributed by atoms with van der Waals surface area (Å²) in [4.78, 5) is 32.9. The third-order valence-electron chi connectivity index (χ3n) is 4.14. The highest BCUT2D eigenvalue weighted by Crippen LogP contribution is 2.10. The molecule has 0 bridgehead atoms. The summed E-state index contributed by atoms with van der Waals surface area (Å²) >= 11 is 0. The Morgan fingerprint density at radius 3 is 2.57 bits per heavy atom. The normalized spacial score (nSPS) is 10.9. The van der Waals surface area contributed by atoms with E-state index < -0.39 is 11.5 Å². The number of nitrogens with zero attached hydrogens (tertiary/aromatic N) is 3. The molecule has 2 aromatic carbocycles. The molecule has 8 heteroatoms. The van der Waals surface area contributed by atoms with Crippen molar-refractivity contribution < 1.29 is 13.6 Å². The van der Waals surface area contributed by atoms with Crippen molar-refractivity contribution in [3.63, 3.8) is 0 Å². The van der Waals surface area contributed by atoms with Gasteiger partial charge in [0, 0.05) is 6.54 Å². The second-order valence-corrected chi connectivity index (χ2v) is 6.15. The SMILES string of the molecule is O=C(NCc1ccccc1)c1nc2c(=O)n(Cc3ccc(F)cc3)cnc2o1. The Bertz CT molecular complexity index is 1180. The predicted molar refractivity (Wildman–Crippen MR) is 99.2 cm³/mol. The van der Waals surface area contributed by atoms with Gasteiger partial charge in [-0.25, -0.2) is 9.37 Å². The standard InChI is InChI=1S/C20H15FN4O3/c21-15-8-6-14(7-9-15)11-25-12-23-18-16(20(25)27)24-19(28-18)17(26)22-10-13-4-2-1-3-5-13/h1-9,12H,10-11H2,(H,22,26). The van der Waals surface area contributed by atoms with Crippen LogP contribution < -0.4 is 10.9 Å². The van der Waals surface area contributed by atoms with Crippen molar-refractivity contribution in [2.24, 2.45) is 0 Å². The van der Waals surface area contributed by atoms with Crippen molar-refractivity contribution in [3.05, 3.63) is 94.1 Å². The first-order valence-electron chi connectivity index (χ1n) is 8.53. The van der Waals surface area contributed by atoms with E-state index in [1.54, 1.807) is 12.1 Å². The number of aromatic nitrogens is 3. The van der Waals surface area contributed by atoms with Gasteiger partial charge in [0.15, 0.2) is 5.52 Å². The Balaban J connectivity index is 1.55. The Hall–Kier alpha value is -3.81. The lowest BCUT2D eigenvalue weighted by atomic mass is 10.2. The molecule has 0 atom stereocenters. The van der Waals surface area contributed by atoms with E-state index in [2.05, 4.69) is 15.3 Å². The van der Waals surface area contributed by atoms with Crippen LogP contribution in [0, 0.1) is 5.82 Å². The molecule has 0 saturated heterocycles. The van der Waals surface area contributed by atoms with E-state index in [1.807, 2.05) is 30.3 Å². The largest absolute Gasteiger partial charge is 0.413 e. The quantitative estimate of drug-likeness (QED) is 0.576. The lowest BCUT2D eigenvalue weighted by Crippen LogP contribution is -2.23. The lowest BCUT2D eigenvalue weighted by molar-refractivity contribution is 0.0918. The predicted octanol–water partition coefficient (Wildman–Crippen LogP) is 2.50. The van der Waals surface area contributed by atoms with Gasteiger partial charge < -0.3 is 9.73 Å². The molecule has 7 nitrogen and oxygen atoms in total. The zero-order valence-corrected chi connectivity index (χ0v) is 14.6. The molecule has 0 aliphatic rings. The van der Waals surface area contributed by atoms with Crippen LogP contribution in [0.25, 0.3) is 11.2 Å². The van der Waals surface area contributed by atoms with E-state index in [-0.39, 0.29) is 29.5 Å². The number of carbonyl (C=O) groups is 1. The van der Waals surface area contributed by atoms with E-state index in [0.29, 0.717) is 6.54 Å². The highest BCUT2D eigenvalue weighted by Gasteiger charge is 2.18. The molecule has 2 heterocycles. The number of fused-ring (bicyclic) bond motifs is 1. The van der Waals surface area contributed by atoms with Crippen LogP contribution in [0.5, 0.6) is 0 Å². The molecule has 0 aliphatic heterocycles. The number of oxazole rings is 1. The first-order valence-corrected chi connectivity index (χ1v) is 8.53. The van der Waals surface area contributed by atoms with Gasteiger partial charge in [-0.3, -0.25) is 14.2 Å². The van der Waals surface area contributed by atoms with Crippen molar-refractivity contribution in [3.8, 4) is 0 Å². The van der Waals surface area contributed by atoms with Crippen LogP contribution in [0.1, 0.15) is 21.8 Å². The van der Waals surface area contributed by atoms with Gasteiger partial charge in [-0.05, 0) is 23.3 Å². The smallest absolute Gasteiger partial charge is 0.307 e. The monoisotopic (exact) mass is 378 g/mol. The molecule has 1 amide bonds. The van der Waals surface area contributed by atoms with Gasteiger partial charge in [-0.1, -0.05) is 42.5 Å². The highest BCUT2D eigenvalue weighted by atomic mass is 19.1. The molecule has 0 spiro atoms. The maximum atomic E-state index is 13.0. The number of nitrogens with one attached hydrogen (secondary N) is 1. The first kappa shape index (κ1) is 17.6. The van der Waals surface area contributed by atoms with Gasteiger partial charge in [-0.2, -0.15) is 4.98 Å². The summed E-state index contributed by atoms with van der Waals surface area (Å²) in [5.74, 6) is -1.12. The molecular weight excluding hydrogens is 363 g/mol. The van der Waals surface area contributed by atoms with Crippen LogP contribution in [-0.4, -0.2) is 20.4 Å². The Morgan fingerprint density at radius 2 is 1.82 bits per heavy atom. The van der Waals surface area contributed by atoms with Crippen LogP contribution in [0.4, 0.5) is 4.39 Å². The molecule has 4 aromatic rings. The van der Waals surface area contributed by atoms with Gasteiger partial charge in [-0.15, -0.1) is 0 Å². The van der Waals surface area contributed by atoms with E-state index in [4.69, 9.17) is 4.42 Å². The summed E-state index contributed by atoms with van der Waals surface area (Å²) in [6, 6.07) is 15.2. The second-order valence-electron chi connectivity index (χ2n) is 6.15. The molecule has 0 aliphatic carbocycles. The van der Waals surface area contributed by atoms with E-state index in [9.17, 15) is 14.0 Å². The maximum Gasteiger partial charge on any atom is 0.307 e. The van der Waals surface area contributed by atoms with Gasteiger partial charge in [0.25, 0.3) is 17.2 Å². The van der Waals surface area contributed by atoms with Gasteiger partial charge in [0.05, 0.1) is 6.54 Å². The van der Waals surface area contributed by atoms with Crippen LogP contribution in [0.2, 0.25) is 0 Å². The van der Waals surface area contributed by atoms with Crippen LogP contribution in [0.15, 0.2) is 70.1 Å². The average Bonchev–Trinajstić information content (AvgIpc) is 3.16. The minimum absolute atomic E-state index is 0.00906. The number of benzene rings is 2. The number of hydrogen-bond donors (Lipinski definition) is 1. The van der Waals surface area contributed by atoms with Crippen molar-refractivity contribution in [2.45, 2.75) is 13.1 Å². The zero-order valence-electron chi connectivity index (χ0n) is 14.6. The fourth-order valence-electron chi connectivity index (χ4n) is 2.70. The Labute approximate surface area is 158 Å². The van der Waals surface area contributed by atoms with Crippen molar-refractivity contribution >= 4 is 17.1 Å². The molecule has 0 saturated carbocycles. The number of rotatable bonds is 5. The highest BCUT2D eigenvalue weighted by molar-refractivity contribution is 5.91. The molecule has 140 valence electrons. The van der Waals surface area contributed by atoms with Gasteiger partial charge in [0.1, 0.15) is 12.1 Å². The van der Waals surface area contributed by atoms with Crippen LogP contribution >= 0.6 is 0 Å². The van der Waals surface area contributed by atoms with E-state index >= 15 is 0 Å². The minimum Gasteiger partial charge on any atom is -0.413 e. The molecule has 2 aromatic heterocycles. The topological polar surface area (TPSA) is 90.0 Å². The van der Waals surface area contributed by atoms with Crippen LogP contribution in [-0.2, 0) is 13.1 Å². The van der Waals surface area contributed by atoms with E-state index in [0.717, 1.165) is 11.1 Å². The van der Waals surface area contributed by atoms with Crippen molar-refractivity contribution in [1.82, 2.24) is 19.9 Å². The molecule has 4 rings (SSSR count). The summed E-state index contributed by atoms with van der Waals surface area (Å²) in [7, 11) is 0. The molecule has 1 N–H and O–H groups in total. The first-order chi connectivity index (χ1) is 13.6. The summed E-state index contributed by atoms with van der Waals surface area (Å²) in [5.41, 5.74) is 1.17. The van der Waals surface area contributed by atoms with Crippen molar-refractivity contribution in [1.29, 1.82) is 0 Å². The molecular formula is C20H15FN4O3. The minimum atomic E-state index is -0.536. The number of carbonyl (C=O) groups excluding carboxylic acids is 1. The fraction of sp³-hybridized carbons (Fsp3) is 0.100. The number of amides is 1. The number of hydrogen-bond acceptors (Lipinski definition) is 5. The summed E-state index contributed by atoms with van der Waals surface area (Å²) in [6.07, 6.45) is 1.31. The molecule has 28 heavy (non-hydrogen) atoms. The average molecular weight is 378 g/mol. The fourth-order valence-corrected chi connectivity index (χ4v) is 2.70. The third kappa shape index (κ3) is 3.66. The Kier molecular flexibility index (Phi) is 4.67. The van der Waals surface area contributed by atoms with E-state index in [1.165, 1.54) is 23.0 Å². The van der Waals surface area contributed by atoms with Crippen molar-refractivity contribution in [2.75, 3.05) is 0 Å². The molecule has 0 fully saturated rings.